The van der Waals surface area contributed by atoms with E-state index in [1.54, 1.807) is 30.5 Å². The molecule has 19 heavy (non-hydrogen) atoms. The van der Waals surface area contributed by atoms with Gasteiger partial charge in [0.1, 0.15) is 11.8 Å². The second kappa shape index (κ2) is 5.53. The molecule has 0 saturated carbocycles. The van der Waals surface area contributed by atoms with Crippen LogP contribution in [0.1, 0.15) is 5.56 Å². The van der Waals surface area contributed by atoms with E-state index in [0.29, 0.717) is 6.42 Å². The Morgan fingerprint density at radius 3 is 2.79 bits per heavy atom. The van der Waals surface area contributed by atoms with E-state index < -0.39 is 12.0 Å². The second-order valence-electron chi connectivity index (χ2n) is 4.15. The Balaban J connectivity index is 2.22. The van der Waals surface area contributed by atoms with Crippen molar-refractivity contribution in [2.24, 2.45) is 5.73 Å². The number of phenolic OH excluding ortho intramolecular Hbond substituents is 1. The number of nitrogens with two attached hydrogens (primary N) is 1. The maximum atomic E-state index is 11.3. The topological polar surface area (TPSA) is 101 Å². The van der Waals surface area contributed by atoms with Gasteiger partial charge in [-0.2, -0.15) is 5.10 Å². The van der Waals surface area contributed by atoms with E-state index in [1.165, 1.54) is 7.11 Å². The van der Waals surface area contributed by atoms with E-state index in [1.807, 2.05) is 0 Å². The highest BCUT2D eigenvalue weighted by Gasteiger charge is 2.17. The zero-order valence-corrected chi connectivity index (χ0v) is 10.5. The molecule has 1 atom stereocenters. The Kier molecular flexibility index (Phi) is 3.82. The summed E-state index contributed by atoms with van der Waals surface area (Å²) >= 11 is 0. The minimum absolute atomic E-state index is 0.191. The van der Waals surface area contributed by atoms with Crippen LogP contribution in [0.3, 0.4) is 0 Å². The second-order valence-corrected chi connectivity index (χ2v) is 4.15. The molecule has 6 nitrogen and oxygen atoms in total. The van der Waals surface area contributed by atoms with Gasteiger partial charge in [0.2, 0.25) is 0 Å². The molecule has 0 aliphatic rings. The van der Waals surface area contributed by atoms with E-state index in [4.69, 9.17) is 5.73 Å². The fourth-order valence-electron chi connectivity index (χ4n) is 1.82. The number of aromatic hydroxyl groups is 1. The quantitative estimate of drug-likeness (QED) is 0.707. The third-order valence-electron chi connectivity index (χ3n) is 2.82. The number of nitrogens with zero attached hydrogens (tertiary/aromatic N) is 1. The highest BCUT2D eigenvalue weighted by Crippen LogP contribution is 2.23. The number of benzene rings is 1. The van der Waals surface area contributed by atoms with Gasteiger partial charge >= 0.3 is 5.97 Å². The molecule has 1 unspecified atom stereocenters. The Morgan fingerprint density at radius 1 is 1.47 bits per heavy atom. The largest absolute Gasteiger partial charge is 0.508 e. The smallest absolute Gasteiger partial charge is 0.322 e. The van der Waals surface area contributed by atoms with Crippen LogP contribution in [0.25, 0.3) is 11.3 Å². The number of hydrogen-bond acceptors (Lipinski definition) is 5. The fraction of sp³-hybridized carbons (Fsp3) is 0.231. The first-order chi connectivity index (χ1) is 9.11. The molecule has 0 bridgehead atoms. The molecule has 0 fully saturated rings. The summed E-state index contributed by atoms with van der Waals surface area (Å²) in [6, 6.07) is 5.96. The maximum Gasteiger partial charge on any atom is 0.322 e. The van der Waals surface area contributed by atoms with Gasteiger partial charge in [-0.15, -0.1) is 0 Å². The molecular weight excluding hydrogens is 246 g/mol. The van der Waals surface area contributed by atoms with Crippen LogP contribution in [0.2, 0.25) is 0 Å². The molecule has 2 rings (SSSR count). The molecule has 0 aliphatic carbocycles. The van der Waals surface area contributed by atoms with Crippen molar-refractivity contribution < 1.29 is 14.6 Å². The Hall–Kier alpha value is -2.34. The number of H-pyrrole nitrogens is 1. The predicted octanol–water partition coefficient (Wildman–Crippen LogP) is 0.825. The average molecular weight is 261 g/mol. The van der Waals surface area contributed by atoms with Gasteiger partial charge in [0.15, 0.2) is 0 Å². The summed E-state index contributed by atoms with van der Waals surface area (Å²) in [5, 5.41) is 16.1. The summed E-state index contributed by atoms with van der Waals surface area (Å²) < 4.78 is 4.59. The van der Waals surface area contributed by atoms with Gasteiger partial charge in [-0.1, -0.05) is 0 Å². The number of nitrogens with one attached hydrogen (secondary N) is 1. The number of carbonyl (C=O) groups excluding carboxylic acids is 1. The first-order valence-electron chi connectivity index (χ1n) is 5.77. The average Bonchev–Trinajstić information content (AvgIpc) is 2.86. The van der Waals surface area contributed by atoms with Gasteiger partial charge in [-0.3, -0.25) is 9.89 Å². The number of carbonyl (C=O) groups is 1. The third-order valence-corrected chi connectivity index (χ3v) is 2.82. The molecule has 0 amide bonds. The number of phenols is 1. The van der Waals surface area contributed by atoms with E-state index in [0.717, 1.165) is 16.8 Å². The lowest BCUT2D eigenvalue weighted by Crippen LogP contribution is -2.33. The highest BCUT2D eigenvalue weighted by molar-refractivity contribution is 5.76. The van der Waals surface area contributed by atoms with Gasteiger partial charge in [0.25, 0.3) is 0 Å². The highest BCUT2D eigenvalue weighted by atomic mass is 16.5. The Bertz CT molecular complexity index is 563. The lowest BCUT2D eigenvalue weighted by atomic mass is 10.0. The molecule has 6 heteroatoms. The van der Waals surface area contributed by atoms with Crippen LogP contribution in [0, 0.1) is 0 Å². The summed E-state index contributed by atoms with van der Waals surface area (Å²) in [5.41, 5.74) is 8.20. The van der Waals surface area contributed by atoms with Crippen LogP contribution in [-0.4, -0.2) is 34.4 Å². The number of hydrogen-bond donors (Lipinski definition) is 3. The van der Waals surface area contributed by atoms with Crippen LogP contribution >= 0.6 is 0 Å². The van der Waals surface area contributed by atoms with Crippen LogP contribution in [0.4, 0.5) is 0 Å². The predicted molar refractivity (Wildman–Crippen MR) is 69.4 cm³/mol. The minimum atomic E-state index is -0.724. The third kappa shape index (κ3) is 2.92. The monoisotopic (exact) mass is 261 g/mol. The summed E-state index contributed by atoms with van der Waals surface area (Å²) in [6.07, 6.45) is 1.96. The van der Waals surface area contributed by atoms with Crippen molar-refractivity contribution in [2.75, 3.05) is 7.11 Å². The molecular formula is C13H15N3O3. The summed E-state index contributed by atoms with van der Waals surface area (Å²) in [6.45, 7) is 0. The fourth-order valence-corrected chi connectivity index (χ4v) is 1.82. The van der Waals surface area contributed by atoms with E-state index >= 15 is 0 Å². The van der Waals surface area contributed by atoms with Crippen LogP contribution < -0.4 is 5.73 Å². The first-order valence-corrected chi connectivity index (χ1v) is 5.77. The molecule has 1 aromatic carbocycles. The Labute approximate surface area is 110 Å². The molecule has 2 aromatic rings. The molecule has 1 heterocycles. The minimum Gasteiger partial charge on any atom is -0.508 e. The summed E-state index contributed by atoms with van der Waals surface area (Å²) in [7, 11) is 1.30. The van der Waals surface area contributed by atoms with Crippen molar-refractivity contribution in [3.63, 3.8) is 0 Å². The normalized spacial score (nSPS) is 12.1. The molecule has 0 saturated heterocycles. The molecule has 100 valence electrons. The van der Waals surface area contributed by atoms with E-state index in [2.05, 4.69) is 14.9 Å². The van der Waals surface area contributed by atoms with Crippen LogP contribution in [0.15, 0.2) is 30.5 Å². The number of ether oxygens (including phenoxy) is 1. The SMILES string of the molecule is COC(=O)C(N)Cc1cn[nH]c1-c1ccc(O)cc1. The standard InChI is InChI=1S/C13H15N3O3/c1-19-13(18)11(14)6-9-7-15-16-12(9)8-2-4-10(17)5-3-8/h2-5,7,11,17H,6,14H2,1H3,(H,15,16). The van der Waals surface area contributed by atoms with Crippen LogP contribution in [-0.2, 0) is 16.0 Å². The number of aromatic nitrogens is 2. The summed E-state index contributed by atoms with van der Waals surface area (Å²) in [5.74, 6) is -0.270. The molecule has 0 radical (unpaired) electrons. The lowest BCUT2D eigenvalue weighted by Gasteiger charge is -2.09. The number of rotatable bonds is 4. The maximum absolute atomic E-state index is 11.3. The molecule has 0 spiro atoms. The van der Waals surface area contributed by atoms with Crippen molar-refractivity contribution in [3.05, 3.63) is 36.0 Å². The summed E-state index contributed by atoms with van der Waals surface area (Å²) in [4.78, 5) is 11.3. The van der Waals surface area contributed by atoms with E-state index in [-0.39, 0.29) is 5.75 Å². The number of aromatic amines is 1. The molecule has 0 aliphatic heterocycles. The zero-order chi connectivity index (χ0) is 13.8. The zero-order valence-electron chi connectivity index (χ0n) is 10.5. The molecule has 1 aromatic heterocycles. The number of methoxy groups -OCH3 is 1. The van der Waals surface area contributed by atoms with Gasteiger partial charge in [0.05, 0.1) is 19.0 Å². The van der Waals surface area contributed by atoms with Crippen molar-refractivity contribution >= 4 is 5.97 Å². The van der Waals surface area contributed by atoms with Gasteiger partial charge in [0, 0.05) is 12.0 Å². The van der Waals surface area contributed by atoms with Gasteiger partial charge < -0.3 is 15.6 Å². The first kappa shape index (κ1) is 13.1. The van der Waals surface area contributed by atoms with Gasteiger partial charge in [-0.25, -0.2) is 0 Å². The Morgan fingerprint density at radius 2 is 2.16 bits per heavy atom. The molecule has 4 N–H and O–H groups in total. The van der Waals surface area contributed by atoms with Crippen molar-refractivity contribution in [1.82, 2.24) is 10.2 Å². The van der Waals surface area contributed by atoms with Crippen molar-refractivity contribution in [1.29, 1.82) is 0 Å². The number of esters is 1. The van der Waals surface area contributed by atoms with Crippen molar-refractivity contribution in [2.45, 2.75) is 12.5 Å². The lowest BCUT2D eigenvalue weighted by molar-refractivity contribution is -0.142. The van der Waals surface area contributed by atoms with Crippen LogP contribution in [0.5, 0.6) is 5.75 Å². The van der Waals surface area contributed by atoms with E-state index in [9.17, 15) is 9.90 Å². The van der Waals surface area contributed by atoms with Crippen molar-refractivity contribution in [3.8, 4) is 17.0 Å². The van der Waals surface area contributed by atoms with Gasteiger partial charge in [-0.05, 0) is 29.8 Å².